The van der Waals surface area contributed by atoms with Crippen molar-refractivity contribution in [1.82, 2.24) is 0 Å². The summed E-state index contributed by atoms with van der Waals surface area (Å²) < 4.78 is 4.83. The molecule has 0 heterocycles. The molecule has 3 nitrogen and oxygen atoms in total. The van der Waals surface area contributed by atoms with E-state index in [1.807, 2.05) is 0 Å². The minimum atomic E-state index is -0.0604. The van der Waals surface area contributed by atoms with Crippen molar-refractivity contribution < 1.29 is 14.3 Å². The Hall–Kier alpha value is -0.860. The first-order chi connectivity index (χ1) is 13.2. The second-order valence-corrected chi connectivity index (χ2v) is 11.4. The molecule has 0 aromatic heterocycles. The van der Waals surface area contributed by atoms with Crippen LogP contribution >= 0.6 is 0 Å². The number of fused-ring (bicyclic) bond motifs is 5. The number of Topliss-reactive ketones (excluding diaryl/α,β-unsaturated/α-hetero) is 1. The molecule has 0 N–H and O–H groups in total. The molecule has 4 fully saturated rings. The molecule has 0 radical (unpaired) electrons. The van der Waals surface area contributed by atoms with Crippen LogP contribution in [0, 0.1) is 39.9 Å². The molecule has 4 aliphatic rings. The third-order valence-corrected chi connectivity index (χ3v) is 10.5. The van der Waals surface area contributed by atoms with Crippen LogP contribution in [0.25, 0.3) is 0 Å². The highest BCUT2D eigenvalue weighted by atomic mass is 16.5. The molecule has 0 spiro atoms. The average Bonchev–Trinajstić information content (AvgIpc) is 2.99. The van der Waals surface area contributed by atoms with Crippen molar-refractivity contribution in [2.45, 2.75) is 97.8 Å². The SMILES string of the molecule is COC(=O)CCCC1CCC2C3CCC4(C)CC(=O)CCC4(C)C3CCC12C. The largest absolute Gasteiger partial charge is 0.469 e. The van der Waals surface area contributed by atoms with Gasteiger partial charge in [0.25, 0.3) is 0 Å². The van der Waals surface area contributed by atoms with E-state index >= 15 is 0 Å². The van der Waals surface area contributed by atoms with Crippen molar-refractivity contribution in [3.8, 4) is 0 Å². The van der Waals surface area contributed by atoms with Crippen molar-refractivity contribution in [3.63, 3.8) is 0 Å². The molecular formula is C25H40O3. The third-order valence-electron chi connectivity index (χ3n) is 10.5. The molecule has 4 saturated carbocycles. The Balaban J connectivity index is 1.49. The summed E-state index contributed by atoms with van der Waals surface area (Å²) >= 11 is 0. The first-order valence-corrected chi connectivity index (χ1v) is 11.8. The van der Waals surface area contributed by atoms with Crippen LogP contribution in [-0.4, -0.2) is 18.9 Å². The maximum Gasteiger partial charge on any atom is 0.305 e. The van der Waals surface area contributed by atoms with Gasteiger partial charge in [-0.25, -0.2) is 0 Å². The zero-order valence-corrected chi connectivity index (χ0v) is 18.5. The van der Waals surface area contributed by atoms with Gasteiger partial charge in [-0.3, -0.25) is 9.59 Å². The molecule has 7 atom stereocenters. The number of hydrogen-bond acceptors (Lipinski definition) is 3. The molecule has 7 unspecified atom stereocenters. The van der Waals surface area contributed by atoms with E-state index in [0.29, 0.717) is 23.0 Å². The van der Waals surface area contributed by atoms with Gasteiger partial charge in [0.15, 0.2) is 0 Å². The molecule has 28 heavy (non-hydrogen) atoms. The Labute approximate surface area is 171 Å². The molecule has 0 bridgehead atoms. The van der Waals surface area contributed by atoms with Gasteiger partial charge in [0.2, 0.25) is 0 Å². The van der Waals surface area contributed by atoms with Crippen molar-refractivity contribution in [2.24, 2.45) is 39.9 Å². The van der Waals surface area contributed by atoms with Crippen LogP contribution in [0.4, 0.5) is 0 Å². The summed E-state index contributed by atoms with van der Waals surface area (Å²) in [4.78, 5) is 23.8. The maximum absolute atomic E-state index is 12.2. The molecule has 4 aliphatic carbocycles. The summed E-state index contributed by atoms with van der Waals surface area (Å²) in [7, 11) is 1.49. The van der Waals surface area contributed by atoms with Gasteiger partial charge >= 0.3 is 5.97 Å². The van der Waals surface area contributed by atoms with E-state index in [9.17, 15) is 9.59 Å². The van der Waals surface area contributed by atoms with Crippen LogP contribution in [0.2, 0.25) is 0 Å². The van der Waals surface area contributed by atoms with E-state index in [2.05, 4.69) is 20.8 Å². The number of hydrogen-bond donors (Lipinski definition) is 0. The number of ketones is 1. The molecule has 0 amide bonds. The lowest BCUT2D eigenvalue weighted by molar-refractivity contribution is -0.163. The number of carbonyl (C=O) groups excluding carboxylic acids is 2. The van der Waals surface area contributed by atoms with Gasteiger partial charge in [0.1, 0.15) is 5.78 Å². The van der Waals surface area contributed by atoms with Crippen molar-refractivity contribution in [3.05, 3.63) is 0 Å². The van der Waals surface area contributed by atoms with Crippen LogP contribution in [-0.2, 0) is 14.3 Å². The van der Waals surface area contributed by atoms with Gasteiger partial charge < -0.3 is 4.74 Å². The predicted octanol–water partition coefficient (Wildman–Crippen LogP) is 5.95. The van der Waals surface area contributed by atoms with Gasteiger partial charge in [-0.2, -0.15) is 0 Å². The van der Waals surface area contributed by atoms with E-state index in [1.54, 1.807) is 0 Å². The number of carbonyl (C=O) groups is 2. The summed E-state index contributed by atoms with van der Waals surface area (Å²) in [5.41, 5.74) is 1.05. The standard InChI is InChI=1S/C25H40O3/c1-23-13-11-19-20-9-8-17(6-5-7-22(27)28-4)24(20,2)14-12-21(19)25(23,3)15-10-18(26)16-23/h17,19-21H,5-16H2,1-4H3. The minimum absolute atomic E-state index is 0.0604. The van der Waals surface area contributed by atoms with Gasteiger partial charge in [-0.1, -0.05) is 20.8 Å². The van der Waals surface area contributed by atoms with E-state index in [0.717, 1.165) is 49.4 Å². The van der Waals surface area contributed by atoms with Gasteiger partial charge in [0.05, 0.1) is 7.11 Å². The molecule has 0 aromatic rings. The fourth-order valence-corrected chi connectivity index (χ4v) is 8.58. The van der Waals surface area contributed by atoms with Crippen LogP contribution in [0.5, 0.6) is 0 Å². The van der Waals surface area contributed by atoms with E-state index in [4.69, 9.17) is 4.74 Å². The molecule has 0 saturated heterocycles. The summed E-state index contributed by atoms with van der Waals surface area (Å²) in [5, 5.41) is 0. The zero-order valence-electron chi connectivity index (χ0n) is 18.5. The monoisotopic (exact) mass is 388 g/mol. The van der Waals surface area contributed by atoms with Gasteiger partial charge in [-0.05, 0) is 97.7 Å². The first kappa shape index (κ1) is 20.4. The normalized spacial score (nSPS) is 47.8. The smallest absolute Gasteiger partial charge is 0.305 e. The summed E-state index contributed by atoms with van der Waals surface area (Å²) in [6.07, 6.45) is 13.5. The van der Waals surface area contributed by atoms with Crippen LogP contribution in [0.3, 0.4) is 0 Å². The van der Waals surface area contributed by atoms with Crippen molar-refractivity contribution >= 4 is 11.8 Å². The summed E-state index contributed by atoms with van der Waals surface area (Å²) in [5.74, 6) is 3.74. The zero-order chi connectivity index (χ0) is 20.2. The number of methoxy groups -OCH3 is 1. The minimum Gasteiger partial charge on any atom is -0.469 e. The van der Waals surface area contributed by atoms with E-state index in [-0.39, 0.29) is 11.4 Å². The van der Waals surface area contributed by atoms with Crippen molar-refractivity contribution in [2.75, 3.05) is 7.11 Å². The van der Waals surface area contributed by atoms with E-state index in [1.165, 1.54) is 52.1 Å². The Bertz CT molecular complexity index is 642. The lowest BCUT2D eigenvalue weighted by atomic mass is 9.40. The Morgan fingerprint density at radius 1 is 1.04 bits per heavy atom. The molecule has 4 rings (SSSR count). The quantitative estimate of drug-likeness (QED) is 0.559. The van der Waals surface area contributed by atoms with Crippen LogP contribution < -0.4 is 0 Å². The van der Waals surface area contributed by atoms with E-state index < -0.39 is 0 Å². The highest BCUT2D eigenvalue weighted by molar-refractivity contribution is 5.80. The molecule has 0 aromatic carbocycles. The van der Waals surface area contributed by atoms with Crippen LogP contribution in [0.1, 0.15) is 97.8 Å². The Morgan fingerprint density at radius 2 is 1.82 bits per heavy atom. The fourth-order valence-electron chi connectivity index (χ4n) is 8.58. The Kier molecular flexibility index (Phi) is 5.20. The second kappa shape index (κ2) is 7.13. The predicted molar refractivity (Wildman–Crippen MR) is 111 cm³/mol. The molecule has 3 heteroatoms. The van der Waals surface area contributed by atoms with Gasteiger partial charge in [0, 0.05) is 19.3 Å². The topological polar surface area (TPSA) is 43.4 Å². The lowest BCUT2D eigenvalue weighted by Crippen LogP contribution is -2.57. The average molecular weight is 389 g/mol. The number of esters is 1. The lowest BCUT2D eigenvalue weighted by Gasteiger charge is -2.64. The van der Waals surface area contributed by atoms with Crippen LogP contribution in [0.15, 0.2) is 0 Å². The molecular weight excluding hydrogens is 348 g/mol. The Morgan fingerprint density at radius 3 is 2.57 bits per heavy atom. The third kappa shape index (κ3) is 2.98. The molecule has 158 valence electrons. The highest BCUT2D eigenvalue weighted by Crippen LogP contribution is 2.70. The first-order valence-electron chi connectivity index (χ1n) is 11.8. The number of ether oxygens (including phenoxy) is 1. The second-order valence-electron chi connectivity index (χ2n) is 11.4. The highest BCUT2D eigenvalue weighted by Gasteiger charge is 2.63. The fraction of sp³-hybridized carbons (Fsp3) is 0.920. The number of rotatable bonds is 4. The summed E-state index contributed by atoms with van der Waals surface area (Å²) in [6.45, 7) is 7.55. The maximum atomic E-state index is 12.2. The van der Waals surface area contributed by atoms with Gasteiger partial charge in [-0.15, -0.1) is 0 Å². The molecule has 0 aliphatic heterocycles. The summed E-state index contributed by atoms with van der Waals surface area (Å²) in [6, 6.07) is 0. The van der Waals surface area contributed by atoms with Crippen molar-refractivity contribution in [1.29, 1.82) is 0 Å².